The van der Waals surface area contributed by atoms with Crippen LogP contribution in [-0.2, 0) is 14.3 Å². The molecule has 122 valence electrons. The number of amides is 1. The molecule has 0 aromatic carbocycles. The van der Waals surface area contributed by atoms with Crippen LogP contribution < -0.4 is 5.32 Å². The first-order chi connectivity index (χ1) is 10.2. The van der Waals surface area contributed by atoms with E-state index in [2.05, 4.69) is 23.6 Å². The Labute approximate surface area is 128 Å². The monoisotopic (exact) mass is 299 g/mol. The normalized spacial score (nSPS) is 9.95. The summed E-state index contributed by atoms with van der Waals surface area (Å²) in [5.74, 6) is -0.516. The van der Waals surface area contributed by atoms with Crippen molar-refractivity contribution in [1.29, 1.82) is 0 Å². The van der Waals surface area contributed by atoms with Gasteiger partial charge in [0.1, 0.15) is 13.2 Å². The highest BCUT2D eigenvalue weighted by atomic mass is 16.6. The van der Waals surface area contributed by atoms with Crippen molar-refractivity contribution in [2.24, 2.45) is 0 Å². The van der Waals surface area contributed by atoms with Crippen LogP contribution in [0.5, 0.6) is 0 Å². The Morgan fingerprint density at radius 3 is 2.14 bits per heavy atom. The largest absolute Gasteiger partial charge is 0.459 e. The van der Waals surface area contributed by atoms with Gasteiger partial charge in [-0.2, -0.15) is 0 Å². The van der Waals surface area contributed by atoms with Crippen LogP contribution >= 0.6 is 0 Å². The Morgan fingerprint density at radius 1 is 0.952 bits per heavy atom. The maximum Gasteiger partial charge on any atom is 0.407 e. The van der Waals surface area contributed by atoms with Gasteiger partial charge in [-0.3, -0.25) is 0 Å². The summed E-state index contributed by atoms with van der Waals surface area (Å²) in [4.78, 5) is 22.0. The Bertz CT molecular complexity index is 292. The van der Waals surface area contributed by atoms with E-state index in [0.29, 0.717) is 6.54 Å². The van der Waals surface area contributed by atoms with Crippen LogP contribution in [0.25, 0.3) is 0 Å². The van der Waals surface area contributed by atoms with Gasteiger partial charge in [-0.1, -0.05) is 58.4 Å². The zero-order chi connectivity index (χ0) is 15.8. The second kappa shape index (κ2) is 14.9. The molecule has 0 aliphatic heterocycles. The Kier molecular flexibility index (Phi) is 13.8. The first-order valence-corrected chi connectivity index (χ1v) is 7.90. The molecule has 0 saturated heterocycles. The highest BCUT2D eigenvalue weighted by Gasteiger charge is 2.01. The van der Waals surface area contributed by atoms with Crippen molar-refractivity contribution < 1.29 is 19.1 Å². The summed E-state index contributed by atoms with van der Waals surface area (Å²) < 4.78 is 9.52. The molecule has 0 aliphatic carbocycles. The highest BCUT2D eigenvalue weighted by molar-refractivity contribution is 5.81. The van der Waals surface area contributed by atoms with Gasteiger partial charge >= 0.3 is 12.1 Å². The Morgan fingerprint density at radius 2 is 1.52 bits per heavy atom. The van der Waals surface area contributed by atoms with Gasteiger partial charge in [0.15, 0.2) is 0 Å². The van der Waals surface area contributed by atoms with Crippen molar-refractivity contribution in [1.82, 2.24) is 5.32 Å². The molecule has 0 aromatic rings. The number of hydrogen-bond acceptors (Lipinski definition) is 4. The number of nitrogens with one attached hydrogen (secondary N) is 1. The Hall–Kier alpha value is -1.52. The Balaban J connectivity index is 3.23. The van der Waals surface area contributed by atoms with E-state index in [0.717, 1.165) is 18.9 Å². The van der Waals surface area contributed by atoms with Crippen LogP contribution in [0.2, 0.25) is 0 Å². The fraction of sp³-hybridized carbons (Fsp3) is 0.750. The molecule has 5 heteroatoms. The summed E-state index contributed by atoms with van der Waals surface area (Å²) in [6, 6.07) is 0. The lowest BCUT2D eigenvalue weighted by molar-refractivity contribution is -0.138. The average Bonchev–Trinajstić information content (AvgIpc) is 2.49. The smallest absolute Gasteiger partial charge is 0.407 e. The number of hydrogen-bond donors (Lipinski definition) is 1. The summed E-state index contributed by atoms with van der Waals surface area (Å²) in [5.41, 5.74) is 0. The third kappa shape index (κ3) is 14.7. The minimum absolute atomic E-state index is 0.0516. The predicted molar refractivity (Wildman–Crippen MR) is 83.1 cm³/mol. The van der Waals surface area contributed by atoms with Crippen LogP contribution in [0.4, 0.5) is 4.79 Å². The molecule has 0 bridgehead atoms. The van der Waals surface area contributed by atoms with Gasteiger partial charge in [0.25, 0.3) is 0 Å². The van der Waals surface area contributed by atoms with Gasteiger partial charge in [0.2, 0.25) is 0 Å². The van der Waals surface area contributed by atoms with Crippen molar-refractivity contribution in [2.75, 3.05) is 19.8 Å². The van der Waals surface area contributed by atoms with Crippen molar-refractivity contribution >= 4 is 12.1 Å². The zero-order valence-corrected chi connectivity index (χ0v) is 13.2. The van der Waals surface area contributed by atoms with E-state index in [1.165, 1.54) is 38.5 Å². The van der Waals surface area contributed by atoms with Crippen LogP contribution in [0, 0.1) is 0 Å². The van der Waals surface area contributed by atoms with E-state index >= 15 is 0 Å². The lowest BCUT2D eigenvalue weighted by Gasteiger charge is -2.07. The third-order valence-electron chi connectivity index (χ3n) is 3.03. The molecular formula is C16H29NO4. The fourth-order valence-corrected chi connectivity index (χ4v) is 1.84. The number of esters is 1. The topological polar surface area (TPSA) is 64.6 Å². The van der Waals surface area contributed by atoms with Crippen molar-refractivity contribution in [3.05, 3.63) is 12.7 Å². The highest BCUT2D eigenvalue weighted by Crippen LogP contribution is 2.07. The van der Waals surface area contributed by atoms with Crippen molar-refractivity contribution in [3.8, 4) is 0 Å². The molecule has 0 saturated carbocycles. The lowest BCUT2D eigenvalue weighted by Crippen LogP contribution is -2.26. The van der Waals surface area contributed by atoms with E-state index in [1.54, 1.807) is 0 Å². The van der Waals surface area contributed by atoms with E-state index in [-0.39, 0.29) is 13.2 Å². The molecule has 0 fully saturated rings. The average molecular weight is 299 g/mol. The number of unbranched alkanes of at least 4 members (excludes halogenated alkanes) is 7. The predicted octanol–water partition coefficient (Wildman–Crippen LogP) is 3.58. The van der Waals surface area contributed by atoms with Crippen LogP contribution in [-0.4, -0.2) is 31.8 Å². The summed E-state index contributed by atoms with van der Waals surface area (Å²) in [6.07, 6.45) is 10.4. The molecule has 0 aliphatic rings. The summed E-state index contributed by atoms with van der Waals surface area (Å²) >= 11 is 0. The van der Waals surface area contributed by atoms with Crippen molar-refractivity contribution in [2.45, 2.75) is 58.3 Å². The molecule has 0 radical (unpaired) electrons. The van der Waals surface area contributed by atoms with E-state index in [4.69, 9.17) is 4.74 Å². The molecule has 0 aromatic heterocycles. The molecule has 1 N–H and O–H groups in total. The first-order valence-electron chi connectivity index (χ1n) is 7.90. The van der Waals surface area contributed by atoms with E-state index < -0.39 is 12.1 Å². The molecule has 0 atom stereocenters. The fourth-order valence-electron chi connectivity index (χ4n) is 1.84. The van der Waals surface area contributed by atoms with Crippen LogP contribution in [0.15, 0.2) is 12.7 Å². The number of ether oxygens (including phenoxy) is 2. The zero-order valence-electron chi connectivity index (χ0n) is 13.2. The van der Waals surface area contributed by atoms with Gasteiger partial charge < -0.3 is 14.8 Å². The summed E-state index contributed by atoms with van der Waals surface area (Å²) in [6.45, 7) is 6.22. The van der Waals surface area contributed by atoms with Crippen molar-refractivity contribution in [3.63, 3.8) is 0 Å². The second-order valence-electron chi connectivity index (χ2n) is 4.91. The van der Waals surface area contributed by atoms with Gasteiger partial charge in [0.05, 0.1) is 0 Å². The van der Waals surface area contributed by atoms with Crippen LogP contribution in [0.1, 0.15) is 58.3 Å². The van der Waals surface area contributed by atoms with Gasteiger partial charge in [-0.25, -0.2) is 9.59 Å². The molecular weight excluding hydrogens is 270 g/mol. The number of rotatable bonds is 13. The summed E-state index contributed by atoms with van der Waals surface area (Å²) in [5, 5.41) is 2.67. The quantitative estimate of drug-likeness (QED) is 0.321. The molecule has 21 heavy (non-hydrogen) atoms. The van der Waals surface area contributed by atoms with E-state index in [1.807, 2.05) is 0 Å². The molecule has 0 rings (SSSR count). The minimum Gasteiger partial charge on any atom is -0.459 e. The van der Waals surface area contributed by atoms with Gasteiger partial charge in [0, 0.05) is 12.6 Å². The molecule has 0 spiro atoms. The maximum absolute atomic E-state index is 11.3. The molecule has 5 nitrogen and oxygen atoms in total. The minimum atomic E-state index is -0.516. The lowest BCUT2D eigenvalue weighted by atomic mass is 10.1. The molecule has 0 heterocycles. The van der Waals surface area contributed by atoms with Gasteiger partial charge in [-0.15, -0.1) is 0 Å². The summed E-state index contributed by atoms with van der Waals surface area (Å²) in [7, 11) is 0. The SMILES string of the molecule is C=CC(=O)OCCOC(=O)NCCCCCCCCCC. The van der Waals surface area contributed by atoms with Crippen LogP contribution in [0.3, 0.4) is 0 Å². The standard InChI is InChI=1S/C16H29NO4/c1-3-5-6-7-8-9-10-11-12-17-16(19)21-14-13-20-15(18)4-2/h4H,2-3,5-14H2,1H3,(H,17,19). The first kappa shape index (κ1) is 19.5. The number of alkyl carbamates (subject to hydrolysis) is 1. The number of carbonyl (C=O) groups excluding carboxylic acids is 2. The molecule has 1 amide bonds. The van der Waals surface area contributed by atoms with E-state index in [9.17, 15) is 9.59 Å². The molecule has 0 unspecified atom stereocenters. The van der Waals surface area contributed by atoms with Gasteiger partial charge in [-0.05, 0) is 6.42 Å². The third-order valence-corrected chi connectivity index (χ3v) is 3.03. The second-order valence-corrected chi connectivity index (χ2v) is 4.91. The maximum atomic E-state index is 11.3. The number of carbonyl (C=O) groups is 2.